The van der Waals surface area contributed by atoms with Gasteiger partial charge in [0.1, 0.15) is 11.5 Å². The number of anilines is 2. The van der Waals surface area contributed by atoms with Crippen molar-refractivity contribution in [3.63, 3.8) is 0 Å². The van der Waals surface area contributed by atoms with Crippen LogP contribution in [0.1, 0.15) is 46.2 Å². The number of rotatable bonds is 7. The zero-order valence-corrected chi connectivity index (χ0v) is 19.1. The van der Waals surface area contributed by atoms with Crippen LogP contribution in [0, 0.1) is 6.92 Å². The molecular weight excluding hydrogens is 428 g/mol. The first-order valence-corrected chi connectivity index (χ1v) is 11.6. The maximum absolute atomic E-state index is 12.5. The molecule has 2 N–H and O–H groups in total. The average Bonchev–Trinajstić information content (AvgIpc) is 3.45. The number of furan rings is 1. The van der Waals surface area contributed by atoms with Crippen molar-refractivity contribution in [1.29, 1.82) is 0 Å². The number of benzene rings is 1. The first-order chi connectivity index (χ1) is 15.3. The molecule has 1 saturated heterocycles. The molecule has 3 aromatic rings. The Balaban J connectivity index is 1.64. The number of phenolic OH excluding ortho intramolecular Hbond substituents is 1. The van der Waals surface area contributed by atoms with Gasteiger partial charge in [0.2, 0.25) is 10.9 Å². The molecule has 2 atom stereocenters. The number of carbonyl (C=O) groups is 1. The zero-order chi connectivity index (χ0) is 23.0. The minimum absolute atomic E-state index is 0.0182. The number of nitrogens with zero attached hydrogens (tertiary/aromatic N) is 1. The summed E-state index contributed by atoms with van der Waals surface area (Å²) in [4.78, 5) is 38.6. The van der Waals surface area contributed by atoms with E-state index in [1.165, 1.54) is 11.0 Å². The summed E-state index contributed by atoms with van der Waals surface area (Å²) in [7, 11) is 3.18. The van der Waals surface area contributed by atoms with Gasteiger partial charge in [-0.3, -0.25) is 14.4 Å². The van der Waals surface area contributed by atoms with Gasteiger partial charge in [0.15, 0.2) is 5.75 Å². The fourth-order valence-electron chi connectivity index (χ4n) is 4.17. The van der Waals surface area contributed by atoms with Gasteiger partial charge in [-0.1, -0.05) is 6.07 Å². The number of hydrogen-bond acceptors (Lipinski definition) is 7. The number of hydrogen-bond donors (Lipinski definition) is 2. The molecule has 4 rings (SSSR count). The highest BCUT2D eigenvalue weighted by Gasteiger charge is 2.33. The van der Waals surface area contributed by atoms with E-state index in [2.05, 4.69) is 5.32 Å². The number of para-hydroxylation sites is 1. The standard InChI is InChI=1S/C24H26N2O5S/c1-13-9-10-18(31-13)15(19-8-5-11-32-19)12-16-20(23(29)22(16)28)25-17-7-4-6-14(21(17)27)24(30)26(2)3/h4,6-7,9-10,15,19,25,27H,5,8,11-12H2,1-3H3. The lowest BCUT2D eigenvalue weighted by Crippen LogP contribution is -2.39. The van der Waals surface area contributed by atoms with E-state index in [1.807, 2.05) is 30.8 Å². The Morgan fingerprint density at radius 1 is 1.25 bits per heavy atom. The first kappa shape index (κ1) is 22.2. The van der Waals surface area contributed by atoms with E-state index in [4.69, 9.17) is 4.42 Å². The third-order valence-electron chi connectivity index (χ3n) is 5.91. The molecule has 168 valence electrons. The number of aromatic hydroxyl groups is 1. The van der Waals surface area contributed by atoms with Gasteiger partial charge >= 0.3 is 0 Å². The molecule has 0 bridgehead atoms. The summed E-state index contributed by atoms with van der Waals surface area (Å²) < 4.78 is 5.89. The molecule has 0 aliphatic carbocycles. The second-order valence-corrected chi connectivity index (χ2v) is 9.70. The number of amides is 1. The molecule has 2 heterocycles. The van der Waals surface area contributed by atoms with E-state index < -0.39 is 10.9 Å². The van der Waals surface area contributed by atoms with E-state index in [0.29, 0.717) is 17.2 Å². The van der Waals surface area contributed by atoms with Crippen molar-refractivity contribution in [3.8, 4) is 5.75 Å². The van der Waals surface area contributed by atoms with E-state index >= 15 is 0 Å². The number of carbonyl (C=O) groups excluding carboxylic acids is 1. The molecule has 8 heteroatoms. The first-order valence-electron chi connectivity index (χ1n) is 10.6. The summed E-state index contributed by atoms with van der Waals surface area (Å²) in [6, 6.07) is 8.56. The second-order valence-electron chi connectivity index (χ2n) is 8.35. The summed E-state index contributed by atoms with van der Waals surface area (Å²) in [5.74, 6) is 2.07. The highest BCUT2D eigenvalue weighted by Crippen LogP contribution is 2.41. The quantitative estimate of drug-likeness (QED) is 0.416. The Hall–Kier alpha value is -3.00. The zero-order valence-electron chi connectivity index (χ0n) is 18.3. The largest absolute Gasteiger partial charge is 0.505 e. The molecule has 0 saturated carbocycles. The lowest BCUT2D eigenvalue weighted by molar-refractivity contribution is 0.0824. The molecule has 2 aromatic carbocycles. The lowest BCUT2D eigenvalue weighted by atomic mass is 9.88. The van der Waals surface area contributed by atoms with Crippen LogP contribution in [-0.4, -0.2) is 41.0 Å². The van der Waals surface area contributed by atoms with Crippen LogP contribution in [0.3, 0.4) is 0 Å². The minimum Gasteiger partial charge on any atom is -0.505 e. The molecule has 1 aliphatic rings. The van der Waals surface area contributed by atoms with Crippen LogP contribution in [-0.2, 0) is 6.42 Å². The number of nitrogens with one attached hydrogen (secondary N) is 1. The fourth-order valence-corrected chi connectivity index (χ4v) is 5.60. The predicted molar refractivity (Wildman–Crippen MR) is 126 cm³/mol. The highest BCUT2D eigenvalue weighted by molar-refractivity contribution is 8.00. The SMILES string of the molecule is Cc1ccc(C(Cc2c(Nc3cccc(C(=O)N(C)C)c3O)c(=O)c2=O)C2CCCS2)o1. The van der Waals surface area contributed by atoms with Crippen molar-refractivity contribution >= 4 is 29.0 Å². The van der Waals surface area contributed by atoms with Gasteiger partial charge in [-0.15, -0.1) is 0 Å². The van der Waals surface area contributed by atoms with Crippen LogP contribution in [0.4, 0.5) is 11.4 Å². The normalized spacial score (nSPS) is 16.9. The fraction of sp³-hybridized carbons (Fsp3) is 0.375. The Kier molecular flexibility index (Phi) is 6.15. The molecular formula is C24H26N2O5S. The summed E-state index contributed by atoms with van der Waals surface area (Å²) >= 11 is 1.87. The second kappa shape index (κ2) is 8.86. The molecule has 1 fully saturated rings. The van der Waals surface area contributed by atoms with Crippen molar-refractivity contribution in [1.82, 2.24) is 4.90 Å². The third-order valence-corrected chi connectivity index (χ3v) is 7.42. The smallest absolute Gasteiger partial charge is 0.257 e. The topological polar surface area (TPSA) is 99.9 Å². The molecule has 0 radical (unpaired) electrons. The maximum atomic E-state index is 12.5. The number of aryl methyl sites for hydroxylation is 1. The summed E-state index contributed by atoms with van der Waals surface area (Å²) in [5, 5.41) is 13.8. The summed E-state index contributed by atoms with van der Waals surface area (Å²) in [6.45, 7) is 1.89. The van der Waals surface area contributed by atoms with Crippen molar-refractivity contribution in [2.75, 3.05) is 25.2 Å². The van der Waals surface area contributed by atoms with E-state index in [0.717, 1.165) is 30.1 Å². The van der Waals surface area contributed by atoms with Crippen molar-refractivity contribution in [3.05, 3.63) is 73.4 Å². The van der Waals surface area contributed by atoms with E-state index in [9.17, 15) is 19.5 Å². The van der Waals surface area contributed by atoms with Gasteiger partial charge < -0.3 is 19.7 Å². The number of thioether (sulfide) groups is 1. The van der Waals surface area contributed by atoms with Crippen LogP contribution < -0.4 is 16.2 Å². The molecule has 0 spiro atoms. The third kappa shape index (κ3) is 4.07. The lowest BCUT2D eigenvalue weighted by Gasteiger charge is -2.23. The van der Waals surface area contributed by atoms with Crippen LogP contribution in [0.15, 0.2) is 44.3 Å². The monoisotopic (exact) mass is 454 g/mol. The Labute approximate surface area is 190 Å². The maximum Gasteiger partial charge on any atom is 0.257 e. The summed E-state index contributed by atoms with van der Waals surface area (Å²) in [5.41, 5.74) is -0.208. The highest BCUT2D eigenvalue weighted by atomic mass is 32.2. The molecule has 1 aliphatic heterocycles. The Morgan fingerprint density at radius 2 is 2.03 bits per heavy atom. The average molecular weight is 455 g/mol. The van der Waals surface area contributed by atoms with Gasteiger partial charge in [-0.25, -0.2) is 0 Å². The minimum atomic E-state index is -0.614. The van der Waals surface area contributed by atoms with Gasteiger partial charge in [0, 0.05) is 30.8 Å². The van der Waals surface area contributed by atoms with Gasteiger partial charge in [-0.2, -0.15) is 11.8 Å². The molecule has 7 nitrogen and oxygen atoms in total. The van der Waals surface area contributed by atoms with Gasteiger partial charge in [-0.05, 0) is 56.2 Å². The van der Waals surface area contributed by atoms with E-state index in [1.54, 1.807) is 26.2 Å². The Bertz CT molecular complexity index is 1220. The van der Waals surface area contributed by atoms with Crippen LogP contribution in [0.5, 0.6) is 5.75 Å². The van der Waals surface area contributed by atoms with Gasteiger partial charge in [0.25, 0.3) is 5.91 Å². The molecule has 1 amide bonds. The Morgan fingerprint density at radius 3 is 2.66 bits per heavy atom. The van der Waals surface area contributed by atoms with Gasteiger partial charge in [0.05, 0.1) is 16.9 Å². The molecule has 1 aromatic heterocycles. The van der Waals surface area contributed by atoms with Crippen LogP contribution in [0.2, 0.25) is 0 Å². The molecule has 32 heavy (non-hydrogen) atoms. The summed E-state index contributed by atoms with van der Waals surface area (Å²) in [6.07, 6.45) is 2.53. The van der Waals surface area contributed by atoms with Crippen molar-refractivity contribution in [2.24, 2.45) is 0 Å². The van der Waals surface area contributed by atoms with Crippen LogP contribution >= 0.6 is 11.8 Å². The van der Waals surface area contributed by atoms with Crippen molar-refractivity contribution in [2.45, 2.75) is 37.4 Å². The van der Waals surface area contributed by atoms with Crippen molar-refractivity contribution < 1.29 is 14.3 Å². The molecule has 2 unspecified atom stereocenters. The number of phenols is 1. The van der Waals surface area contributed by atoms with Crippen LogP contribution in [0.25, 0.3) is 0 Å². The predicted octanol–water partition coefficient (Wildman–Crippen LogP) is 3.56. The van der Waals surface area contributed by atoms with E-state index in [-0.39, 0.29) is 34.5 Å².